The molecular weight excluding hydrogens is 288 g/mol. The van der Waals surface area contributed by atoms with Gasteiger partial charge in [-0.2, -0.15) is 0 Å². The van der Waals surface area contributed by atoms with Crippen LogP contribution >= 0.6 is 0 Å². The predicted octanol–water partition coefficient (Wildman–Crippen LogP) is 4.80. The maximum absolute atomic E-state index is 12.6. The van der Waals surface area contributed by atoms with Crippen molar-refractivity contribution in [3.05, 3.63) is 59.2 Å². The predicted molar refractivity (Wildman–Crippen MR) is 92.6 cm³/mol. The van der Waals surface area contributed by atoms with Crippen LogP contribution < -0.4 is 9.47 Å². The van der Waals surface area contributed by atoms with Crippen molar-refractivity contribution in [2.75, 3.05) is 13.2 Å². The number of hydrogen-bond acceptors (Lipinski definition) is 3. The lowest BCUT2D eigenvalue weighted by Crippen LogP contribution is -2.05. The third-order valence-electron chi connectivity index (χ3n) is 3.44. The molecule has 0 aliphatic rings. The van der Waals surface area contributed by atoms with Crippen LogP contribution in [0, 0.1) is 6.92 Å². The second kappa shape index (κ2) is 8.37. The molecular formula is C20H24O3. The van der Waals surface area contributed by atoms with Gasteiger partial charge in [-0.3, -0.25) is 4.79 Å². The molecule has 0 N–H and O–H groups in total. The molecule has 0 amide bonds. The molecule has 2 rings (SSSR count). The number of ether oxygens (including phenoxy) is 2. The Bertz CT molecular complexity index is 644. The molecule has 0 atom stereocenters. The molecule has 3 nitrogen and oxygen atoms in total. The molecule has 2 aromatic carbocycles. The van der Waals surface area contributed by atoms with Gasteiger partial charge in [0.1, 0.15) is 0 Å². The first-order valence-electron chi connectivity index (χ1n) is 8.16. The minimum Gasteiger partial charge on any atom is -0.490 e. The van der Waals surface area contributed by atoms with Gasteiger partial charge in [0, 0.05) is 11.1 Å². The highest BCUT2D eigenvalue weighted by atomic mass is 16.5. The molecule has 0 bridgehead atoms. The highest BCUT2D eigenvalue weighted by molar-refractivity contribution is 6.09. The zero-order valence-electron chi connectivity index (χ0n) is 14.1. The number of aryl methyl sites for hydroxylation is 1. The number of benzene rings is 2. The summed E-state index contributed by atoms with van der Waals surface area (Å²) in [5, 5.41) is 0. The molecule has 0 aromatic heterocycles. The summed E-state index contributed by atoms with van der Waals surface area (Å²) in [7, 11) is 0. The van der Waals surface area contributed by atoms with Crippen molar-refractivity contribution in [3.8, 4) is 11.5 Å². The van der Waals surface area contributed by atoms with Crippen LogP contribution in [0.25, 0.3) is 0 Å². The largest absolute Gasteiger partial charge is 0.490 e. The fourth-order valence-corrected chi connectivity index (χ4v) is 2.18. The Morgan fingerprint density at radius 2 is 1.39 bits per heavy atom. The van der Waals surface area contributed by atoms with E-state index in [9.17, 15) is 4.79 Å². The van der Waals surface area contributed by atoms with E-state index < -0.39 is 0 Å². The maximum atomic E-state index is 12.6. The Labute approximate surface area is 138 Å². The second-order valence-corrected chi connectivity index (χ2v) is 5.55. The van der Waals surface area contributed by atoms with Gasteiger partial charge >= 0.3 is 0 Å². The van der Waals surface area contributed by atoms with E-state index in [1.54, 1.807) is 12.1 Å². The fraction of sp³-hybridized carbons (Fsp3) is 0.350. The third kappa shape index (κ3) is 4.59. The lowest BCUT2D eigenvalue weighted by atomic mass is 10.0. The number of rotatable bonds is 8. The Hall–Kier alpha value is -2.29. The number of carbonyl (C=O) groups excluding carboxylic acids is 1. The standard InChI is InChI=1S/C20H24O3/c1-4-12-22-18-11-10-17(14-19(18)23-13-5-2)20(21)16-8-6-15(3)7-9-16/h6-11,14H,4-5,12-13H2,1-3H3. The lowest BCUT2D eigenvalue weighted by molar-refractivity contribution is 0.103. The van der Waals surface area contributed by atoms with E-state index in [0.717, 1.165) is 18.4 Å². The number of carbonyl (C=O) groups is 1. The van der Waals surface area contributed by atoms with Crippen LogP contribution in [0.3, 0.4) is 0 Å². The van der Waals surface area contributed by atoms with Gasteiger partial charge in [-0.25, -0.2) is 0 Å². The summed E-state index contributed by atoms with van der Waals surface area (Å²) in [5.41, 5.74) is 2.43. The SMILES string of the molecule is CCCOc1ccc(C(=O)c2ccc(C)cc2)cc1OCCC. The monoisotopic (exact) mass is 312 g/mol. The van der Waals surface area contributed by atoms with Crippen LogP contribution in [0.2, 0.25) is 0 Å². The van der Waals surface area contributed by atoms with Crippen LogP contribution in [0.1, 0.15) is 48.2 Å². The Morgan fingerprint density at radius 3 is 2.00 bits per heavy atom. The van der Waals surface area contributed by atoms with Gasteiger partial charge in [0.25, 0.3) is 0 Å². The van der Waals surface area contributed by atoms with Gasteiger partial charge < -0.3 is 9.47 Å². The quantitative estimate of drug-likeness (QED) is 0.657. The third-order valence-corrected chi connectivity index (χ3v) is 3.44. The van der Waals surface area contributed by atoms with E-state index in [-0.39, 0.29) is 5.78 Å². The first-order valence-corrected chi connectivity index (χ1v) is 8.16. The van der Waals surface area contributed by atoms with Gasteiger partial charge in [-0.05, 0) is 38.0 Å². The van der Waals surface area contributed by atoms with E-state index in [2.05, 4.69) is 6.92 Å². The second-order valence-electron chi connectivity index (χ2n) is 5.55. The van der Waals surface area contributed by atoms with E-state index >= 15 is 0 Å². The smallest absolute Gasteiger partial charge is 0.193 e. The molecule has 0 spiro atoms. The summed E-state index contributed by atoms with van der Waals surface area (Å²) in [5.74, 6) is 1.33. The van der Waals surface area contributed by atoms with Crippen molar-refractivity contribution in [3.63, 3.8) is 0 Å². The molecule has 0 aliphatic heterocycles. The van der Waals surface area contributed by atoms with Crippen LogP contribution in [-0.2, 0) is 0 Å². The Morgan fingerprint density at radius 1 is 0.826 bits per heavy atom. The van der Waals surface area contributed by atoms with Crippen LogP contribution in [0.5, 0.6) is 11.5 Å². The molecule has 0 saturated carbocycles. The molecule has 0 unspecified atom stereocenters. The molecule has 0 saturated heterocycles. The van der Waals surface area contributed by atoms with Crippen molar-refractivity contribution >= 4 is 5.78 Å². The molecule has 0 aliphatic carbocycles. The summed E-state index contributed by atoms with van der Waals surface area (Å²) in [4.78, 5) is 12.6. The summed E-state index contributed by atoms with van der Waals surface area (Å²) in [6.07, 6.45) is 1.83. The van der Waals surface area contributed by atoms with Crippen molar-refractivity contribution < 1.29 is 14.3 Å². The average molecular weight is 312 g/mol. The molecule has 122 valence electrons. The summed E-state index contributed by atoms with van der Waals surface area (Å²) in [6.45, 7) is 7.35. The van der Waals surface area contributed by atoms with Gasteiger partial charge in [0.05, 0.1) is 13.2 Å². The highest BCUT2D eigenvalue weighted by Crippen LogP contribution is 2.29. The zero-order chi connectivity index (χ0) is 16.7. The van der Waals surface area contributed by atoms with Crippen LogP contribution in [0.4, 0.5) is 0 Å². The Kier molecular flexibility index (Phi) is 6.21. The van der Waals surface area contributed by atoms with Gasteiger partial charge in [-0.1, -0.05) is 43.7 Å². The molecule has 0 fully saturated rings. The topological polar surface area (TPSA) is 35.5 Å². The van der Waals surface area contributed by atoms with Gasteiger partial charge in [-0.15, -0.1) is 0 Å². The molecule has 0 heterocycles. The van der Waals surface area contributed by atoms with Crippen molar-refractivity contribution in [2.24, 2.45) is 0 Å². The number of ketones is 1. The fourth-order valence-electron chi connectivity index (χ4n) is 2.18. The maximum Gasteiger partial charge on any atom is 0.193 e. The molecule has 2 aromatic rings. The van der Waals surface area contributed by atoms with E-state index in [1.807, 2.05) is 44.2 Å². The van der Waals surface area contributed by atoms with Crippen LogP contribution in [-0.4, -0.2) is 19.0 Å². The molecule has 23 heavy (non-hydrogen) atoms. The Balaban J connectivity index is 2.27. The first-order chi connectivity index (χ1) is 11.2. The van der Waals surface area contributed by atoms with Gasteiger partial charge in [0.2, 0.25) is 0 Å². The zero-order valence-corrected chi connectivity index (χ0v) is 14.1. The minimum absolute atomic E-state index is 0.00612. The lowest BCUT2D eigenvalue weighted by Gasteiger charge is -2.13. The normalized spacial score (nSPS) is 10.4. The van der Waals surface area contributed by atoms with Crippen LogP contribution in [0.15, 0.2) is 42.5 Å². The minimum atomic E-state index is -0.00612. The van der Waals surface area contributed by atoms with E-state index in [0.29, 0.717) is 35.8 Å². The average Bonchev–Trinajstić information content (AvgIpc) is 2.58. The van der Waals surface area contributed by atoms with Crippen molar-refractivity contribution in [1.29, 1.82) is 0 Å². The molecule has 0 radical (unpaired) electrons. The molecule has 3 heteroatoms. The highest BCUT2D eigenvalue weighted by Gasteiger charge is 2.13. The van der Waals surface area contributed by atoms with E-state index in [4.69, 9.17) is 9.47 Å². The summed E-state index contributed by atoms with van der Waals surface area (Å²) >= 11 is 0. The van der Waals surface area contributed by atoms with Crippen molar-refractivity contribution in [2.45, 2.75) is 33.6 Å². The van der Waals surface area contributed by atoms with Gasteiger partial charge in [0.15, 0.2) is 17.3 Å². The summed E-state index contributed by atoms with van der Waals surface area (Å²) in [6, 6.07) is 13.0. The number of hydrogen-bond donors (Lipinski definition) is 0. The van der Waals surface area contributed by atoms with E-state index in [1.165, 1.54) is 0 Å². The first kappa shape index (κ1) is 17.1. The summed E-state index contributed by atoms with van der Waals surface area (Å²) < 4.78 is 11.5. The van der Waals surface area contributed by atoms with Crippen molar-refractivity contribution in [1.82, 2.24) is 0 Å².